The maximum absolute atomic E-state index is 9.89. The highest BCUT2D eigenvalue weighted by Gasteiger charge is 2.44. The highest BCUT2D eigenvalue weighted by molar-refractivity contribution is 5.45. The van der Waals surface area contributed by atoms with E-state index in [2.05, 4.69) is 24.3 Å². The number of hydrogen-bond donors (Lipinski definition) is 0. The van der Waals surface area contributed by atoms with Gasteiger partial charge in [0.2, 0.25) is 0 Å². The molecule has 31 heavy (non-hydrogen) atoms. The topological polar surface area (TPSA) is 123 Å². The van der Waals surface area contributed by atoms with E-state index in [0.717, 1.165) is 0 Å². The minimum Gasteiger partial charge on any atom is -0.492 e. The summed E-state index contributed by atoms with van der Waals surface area (Å²) in [7, 11) is 0. The van der Waals surface area contributed by atoms with Gasteiger partial charge in [-0.3, -0.25) is 0 Å². The van der Waals surface area contributed by atoms with E-state index in [4.69, 9.17) is 14.2 Å². The zero-order chi connectivity index (χ0) is 23.1. The maximum Gasteiger partial charge on any atom is 0.180 e. The number of ether oxygens (including phenoxy) is 3. The van der Waals surface area contributed by atoms with Crippen LogP contribution in [0.3, 0.4) is 0 Å². The van der Waals surface area contributed by atoms with Crippen LogP contribution in [0, 0.1) is 57.2 Å². The van der Waals surface area contributed by atoms with E-state index >= 15 is 0 Å². The molecule has 7 heteroatoms. The Morgan fingerprint density at radius 2 is 1.16 bits per heavy atom. The van der Waals surface area contributed by atoms with Gasteiger partial charge in [-0.1, -0.05) is 27.7 Å². The first-order chi connectivity index (χ1) is 14.7. The number of allylic oxidation sites excluding steroid dienone is 2. The normalized spacial score (nSPS) is 25.1. The van der Waals surface area contributed by atoms with Crippen molar-refractivity contribution in [1.29, 1.82) is 21.0 Å². The SMILES string of the molecule is CC(C)COC1=C(C#N)CC(C#N)(OC2(C#N)C=CC(OCC(C)C)=C(C#N)C2)C=C1. The monoisotopic (exact) mass is 418 g/mol. The molecule has 2 rings (SSSR count). The molecule has 0 N–H and O–H groups in total. The van der Waals surface area contributed by atoms with Gasteiger partial charge in [0, 0.05) is 12.8 Å². The van der Waals surface area contributed by atoms with Gasteiger partial charge in [-0.05, 0) is 36.1 Å². The second kappa shape index (κ2) is 9.99. The Balaban J connectivity index is 2.28. The molecule has 0 heterocycles. The summed E-state index contributed by atoms with van der Waals surface area (Å²) in [6.45, 7) is 8.85. The van der Waals surface area contributed by atoms with Crippen LogP contribution in [-0.4, -0.2) is 24.4 Å². The van der Waals surface area contributed by atoms with Gasteiger partial charge in [-0.2, -0.15) is 21.0 Å². The average molecular weight is 418 g/mol. The third-order valence-corrected chi connectivity index (χ3v) is 4.64. The molecule has 7 nitrogen and oxygen atoms in total. The Kier molecular flexibility index (Phi) is 7.66. The highest BCUT2D eigenvalue weighted by Crippen LogP contribution is 2.39. The Bertz CT molecular complexity index is 912. The summed E-state index contributed by atoms with van der Waals surface area (Å²) in [6, 6.07) is 8.34. The van der Waals surface area contributed by atoms with Crippen LogP contribution in [0.4, 0.5) is 0 Å². The zero-order valence-corrected chi connectivity index (χ0v) is 18.3. The van der Waals surface area contributed by atoms with E-state index in [0.29, 0.717) is 24.7 Å². The van der Waals surface area contributed by atoms with Crippen molar-refractivity contribution in [2.45, 2.75) is 51.7 Å². The molecule has 0 saturated heterocycles. The standard InChI is InChI=1S/C24H26N4O3/c1-17(2)13-29-21-5-7-23(15-27,9-19(21)11-25)31-24(16-28)8-6-22(20(10-24)12-26)30-14-18(3)4/h5-8,17-18H,9-10,13-14H2,1-4H3. The van der Waals surface area contributed by atoms with Crippen molar-refractivity contribution < 1.29 is 14.2 Å². The van der Waals surface area contributed by atoms with Crippen molar-refractivity contribution in [2.75, 3.05) is 13.2 Å². The molecule has 0 bridgehead atoms. The smallest absolute Gasteiger partial charge is 0.180 e. The fourth-order valence-electron chi connectivity index (χ4n) is 3.08. The predicted octanol–water partition coefficient (Wildman–Crippen LogP) is 4.35. The van der Waals surface area contributed by atoms with E-state index in [9.17, 15) is 21.0 Å². The first-order valence-electron chi connectivity index (χ1n) is 10.1. The molecule has 0 saturated carbocycles. The summed E-state index contributed by atoms with van der Waals surface area (Å²) in [5.41, 5.74) is -2.52. The number of nitriles is 4. The molecule has 0 radical (unpaired) electrons. The summed E-state index contributed by atoms with van der Waals surface area (Å²) in [4.78, 5) is 0. The summed E-state index contributed by atoms with van der Waals surface area (Å²) in [5, 5.41) is 38.9. The molecule has 2 atom stereocenters. The molecule has 0 aromatic carbocycles. The summed E-state index contributed by atoms with van der Waals surface area (Å²) >= 11 is 0. The third-order valence-electron chi connectivity index (χ3n) is 4.64. The lowest BCUT2D eigenvalue weighted by molar-refractivity contribution is -0.0484. The summed E-state index contributed by atoms with van der Waals surface area (Å²) in [5.74, 6) is 1.35. The molecule has 0 aliphatic heterocycles. The molecule has 2 aliphatic rings. The van der Waals surface area contributed by atoms with Crippen molar-refractivity contribution in [3.05, 3.63) is 47.0 Å². The van der Waals surface area contributed by atoms with Crippen molar-refractivity contribution in [3.63, 3.8) is 0 Å². The molecular weight excluding hydrogens is 392 g/mol. The average Bonchev–Trinajstić information content (AvgIpc) is 2.76. The molecular formula is C24H26N4O3. The Hall–Kier alpha value is -3.52. The number of rotatable bonds is 8. The lowest BCUT2D eigenvalue weighted by Gasteiger charge is -2.36. The molecule has 0 aromatic heterocycles. The van der Waals surface area contributed by atoms with Crippen LogP contribution in [0.25, 0.3) is 0 Å². The van der Waals surface area contributed by atoms with Gasteiger partial charge in [0.25, 0.3) is 0 Å². The lowest BCUT2D eigenvalue weighted by atomic mass is 9.86. The van der Waals surface area contributed by atoms with Gasteiger partial charge in [0.1, 0.15) is 23.7 Å². The van der Waals surface area contributed by atoms with Crippen LogP contribution < -0.4 is 0 Å². The first kappa shape index (κ1) is 23.8. The molecule has 2 aliphatic carbocycles. The quantitative estimate of drug-likeness (QED) is 0.574. The van der Waals surface area contributed by atoms with Crippen LogP contribution >= 0.6 is 0 Å². The van der Waals surface area contributed by atoms with E-state index in [-0.39, 0.29) is 35.8 Å². The number of hydrogen-bond acceptors (Lipinski definition) is 7. The lowest BCUT2D eigenvalue weighted by Crippen LogP contribution is -2.43. The summed E-state index contributed by atoms with van der Waals surface area (Å²) in [6.07, 6.45) is 6.01. The third kappa shape index (κ3) is 5.76. The molecule has 0 fully saturated rings. The Morgan fingerprint density at radius 3 is 1.45 bits per heavy atom. The Labute approximate surface area is 183 Å². The van der Waals surface area contributed by atoms with Crippen LogP contribution in [0.2, 0.25) is 0 Å². The fourth-order valence-corrected chi connectivity index (χ4v) is 3.08. The minimum atomic E-state index is -1.54. The second-order valence-electron chi connectivity index (χ2n) is 8.44. The maximum atomic E-state index is 9.89. The van der Waals surface area contributed by atoms with Crippen molar-refractivity contribution in [3.8, 4) is 24.3 Å². The molecule has 2 unspecified atom stereocenters. The van der Waals surface area contributed by atoms with Gasteiger partial charge in [0.05, 0.1) is 36.5 Å². The minimum absolute atomic E-state index is 0.0521. The van der Waals surface area contributed by atoms with Crippen LogP contribution in [0.15, 0.2) is 47.0 Å². The first-order valence-corrected chi connectivity index (χ1v) is 10.1. The molecule has 0 spiro atoms. The van der Waals surface area contributed by atoms with Gasteiger partial charge in [0.15, 0.2) is 11.2 Å². The van der Waals surface area contributed by atoms with Crippen LogP contribution in [0.1, 0.15) is 40.5 Å². The van der Waals surface area contributed by atoms with Crippen molar-refractivity contribution in [2.24, 2.45) is 11.8 Å². The van der Waals surface area contributed by atoms with E-state index in [1.165, 1.54) is 12.2 Å². The van der Waals surface area contributed by atoms with Gasteiger partial charge < -0.3 is 14.2 Å². The highest BCUT2D eigenvalue weighted by atomic mass is 16.5. The van der Waals surface area contributed by atoms with Crippen LogP contribution in [-0.2, 0) is 14.2 Å². The Morgan fingerprint density at radius 1 is 0.774 bits per heavy atom. The zero-order valence-electron chi connectivity index (χ0n) is 18.3. The molecule has 0 amide bonds. The van der Waals surface area contributed by atoms with Gasteiger partial charge >= 0.3 is 0 Å². The van der Waals surface area contributed by atoms with Crippen molar-refractivity contribution in [1.82, 2.24) is 0 Å². The van der Waals surface area contributed by atoms with E-state index in [1.807, 2.05) is 27.7 Å². The molecule has 0 aromatic rings. The largest absolute Gasteiger partial charge is 0.492 e. The second-order valence-corrected chi connectivity index (χ2v) is 8.44. The van der Waals surface area contributed by atoms with E-state index < -0.39 is 11.2 Å². The van der Waals surface area contributed by atoms with Gasteiger partial charge in [-0.15, -0.1) is 0 Å². The van der Waals surface area contributed by atoms with Crippen molar-refractivity contribution >= 4 is 0 Å². The number of nitrogens with zero attached hydrogens (tertiary/aromatic N) is 4. The van der Waals surface area contributed by atoms with Gasteiger partial charge in [-0.25, -0.2) is 0 Å². The molecule has 160 valence electrons. The summed E-state index contributed by atoms with van der Waals surface area (Å²) < 4.78 is 17.4. The van der Waals surface area contributed by atoms with Crippen LogP contribution in [0.5, 0.6) is 0 Å². The van der Waals surface area contributed by atoms with E-state index in [1.54, 1.807) is 12.2 Å². The predicted molar refractivity (Wildman–Crippen MR) is 112 cm³/mol. The fraction of sp³-hybridized carbons (Fsp3) is 0.500.